The molecule has 3 heteroatoms. The molecule has 0 saturated carbocycles. The molecule has 1 aliphatic rings. The Balaban J connectivity index is 1.88. The van der Waals surface area contributed by atoms with E-state index in [1.807, 2.05) is 6.26 Å². The summed E-state index contributed by atoms with van der Waals surface area (Å²) in [5.41, 5.74) is 1.67. The summed E-state index contributed by atoms with van der Waals surface area (Å²) in [7, 11) is 0. The Kier molecular flexibility index (Phi) is 4.92. The van der Waals surface area contributed by atoms with E-state index in [0.717, 1.165) is 19.3 Å². The highest BCUT2D eigenvalue weighted by atomic mass is 19.1. The summed E-state index contributed by atoms with van der Waals surface area (Å²) in [6, 6.07) is 6.04. The molecular formula is C18H25FO2. The van der Waals surface area contributed by atoms with Crippen molar-refractivity contribution in [3.63, 3.8) is 0 Å². The number of halogens is 1. The number of ether oxygens (including phenoxy) is 2. The molecule has 116 valence electrons. The summed E-state index contributed by atoms with van der Waals surface area (Å²) >= 11 is 0. The van der Waals surface area contributed by atoms with Crippen molar-refractivity contribution >= 4 is 0 Å². The number of hydrogen-bond donors (Lipinski definition) is 0. The molecule has 2 unspecified atom stereocenters. The molecule has 1 aromatic rings. The first kappa shape index (κ1) is 15.9. The molecule has 0 N–H and O–H groups in total. The van der Waals surface area contributed by atoms with E-state index in [9.17, 15) is 4.39 Å². The molecule has 1 aliphatic heterocycles. The van der Waals surface area contributed by atoms with Gasteiger partial charge in [0.05, 0.1) is 6.26 Å². The third-order valence-corrected chi connectivity index (χ3v) is 3.67. The molecule has 1 heterocycles. The van der Waals surface area contributed by atoms with Crippen LogP contribution in [0, 0.1) is 17.2 Å². The molecule has 0 aromatic heterocycles. The fourth-order valence-electron chi connectivity index (χ4n) is 2.74. The second kappa shape index (κ2) is 6.50. The minimum atomic E-state index is -0.277. The quantitative estimate of drug-likeness (QED) is 0.750. The van der Waals surface area contributed by atoms with E-state index in [-0.39, 0.29) is 12.1 Å². The van der Waals surface area contributed by atoms with Gasteiger partial charge in [-0.25, -0.2) is 4.39 Å². The van der Waals surface area contributed by atoms with Gasteiger partial charge in [-0.15, -0.1) is 0 Å². The first-order valence-electron chi connectivity index (χ1n) is 7.60. The summed E-state index contributed by atoms with van der Waals surface area (Å²) in [4.78, 5) is 0. The van der Waals surface area contributed by atoms with Gasteiger partial charge in [0.25, 0.3) is 0 Å². The lowest BCUT2D eigenvalue weighted by Gasteiger charge is -2.29. The molecule has 2 nitrogen and oxygen atoms in total. The van der Waals surface area contributed by atoms with Crippen LogP contribution in [0.25, 0.3) is 0 Å². The summed E-state index contributed by atoms with van der Waals surface area (Å²) in [5, 5.41) is 0. The van der Waals surface area contributed by atoms with E-state index < -0.39 is 0 Å². The lowest BCUT2D eigenvalue weighted by Crippen LogP contribution is -2.24. The van der Waals surface area contributed by atoms with Gasteiger partial charge < -0.3 is 9.47 Å². The second-order valence-electron chi connectivity index (χ2n) is 7.03. The standard InChI is InChI=1S/C18H25FO2/c1-13(11-18(2,3)4)14-5-10-17(20-12-14)21-16-8-6-15(19)7-9-16/h6-9,12-13,17H,5,10-11H2,1-4H3. The van der Waals surface area contributed by atoms with Crippen molar-refractivity contribution in [3.8, 4) is 5.75 Å². The van der Waals surface area contributed by atoms with Gasteiger partial charge in [-0.1, -0.05) is 27.7 Å². The van der Waals surface area contributed by atoms with Gasteiger partial charge in [0.1, 0.15) is 11.6 Å². The molecule has 0 fully saturated rings. The molecule has 0 radical (unpaired) electrons. The molecule has 1 aromatic carbocycles. The minimum absolute atomic E-state index is 0.259. The summed E-state index contributed by atoms with van der Waals surface area (Å²) < 4.78 is 24.2. The maximum Gasteiger partial charge on any atom is 0.240 e. The summed E-state index contributed by atoms with van der Waals surface area (Å²) in [6.45, 7) is 9.03. The first-order valence-corrected chi connectivity index (χ1v) is 7.60. The number of allylic oxidation sites excluding steroid dienone is 1. The van der Waals surface area contributed by atoms with E-state index in [2.05, 4.69) is 27.7 Å². The van der Waals surface area contributed by atoms with Crippen molar-refractivity contribution in [2.24, 2.45) is 11.3 Å². The van der Waals surface area contributed by atoms with Crippen LogP contribution in [0.4, 0.5) is 4.39 Å². The van der Waals surface area contributed by atoms with Crippen molar-refractivity contribution in [1.29, 1.82) is 0 Å². The van der Waals surface area contributed by atoms with Gasteiger partial charge >= 0.3 is 0 Å². The molecule has 0 aliphatic carbocycles. The predicted octanol–water partition coefficient (Wildman–Crippen LogP) is 5.30. The fraction of sp³-hybridized carbons (Fsp3) is 0.556. The monoisotopic (exact) mass is 292 g/mol. The molecule has 0 saturated heterocycles. The van der Waals surface area contributed by atoms with Crippen LogP contribution >= 0.6 is 0 Å². The molecular weight excluding hydrogens is 267 g/mol. The molecule has 2 rings (SSSR count). The minimum Gasteiger partial charge on any atom is -0.463 e. The highest BCUT2D eigenvalue weighted by Crippen LogP contribution is 2.33. The predicted molar refractivity (Wildman–Crippen MR) is 82.5 cm³/mol. The average Bonchev–Trinajstić information content (AvgIpc) is 2.40. The van der Waals surface area contributed by atoms with Crippen molar-refractivity contribution in [2.75, 3.05) is 0 Å². The molecule has 0 amide bonds. The van der Waals surface area contributed by atoms with Crippen LogP contribution in [0.3, 0.4) is 0 Å². The van der Waals surface area contributed by atoms with Crippen molar-refractivity contribution < 1.29 is 13.9 Å². The largest absolute Gasteiger partial charge is 0.463 e. The molecule has 0 spiro atoms. The third-order valence-electron chi connectivity index (χ3n) is 3.67. The van der Waals surface area contributed by atoms with Gasteiger partial charge in [0.15, 0.2) is 0 Å². The third kappa shape index (κ3) is 5.07. The van der Waals surface area contributed by atoms with E-state index in [1.54, 1.807) is 12.1 Å². The van der Waals surface area contributed by atoms with Gasteiger partial charge in [-0.05, 0) is 54.0 Å². The van der Waals surface area contributed by atoms with Crippen LogP contribution in [0.2, 0.25) is 0 Å². The Hall–Kier alpha value is -1.51. The maximum absolute atomic E-state index is 12.8. The Morgan fingerprint density at radius 1 is 1.29 bits per heavy atom. The molecule has 2 atom stereocenters. The molecule has 0 bridgehead atoms. The van der Waals surface area contributed by atoms with Crippen molar-refractivity contribution in [3.05, 3.63) is 41.9 Å². The SMILES string of the molecule is CC(CC(C)(C)C)C1=COC(Oc2ccc(F)cc2)CC1. The van der Waals surface area contributed by atoms with Crippen molar-refractivity contribution in [1.82, 2.24) is 0 Å². The number of hydrogen-bond acceptors (Lipinski definition) is 2. The summed E-state index contributed by atoms with van der Waals surface area (Å²) in [5.74, 6) is 0.905. The zero-order valence-electron chi connectivity index (χ0n) is 13.4. The van der Waals surface area contributed by atoms with E-state index >= 15 is 0 Å². The summed E-state index contributed by atoms with van der Waals surface area (Å²) in [6.07, 6.45) is 4.54. The smallest absolute Gasteiger partial charge is 0.240 e. The number of rotatable bonds is 4. The maximum atomic E-state index is 12.8. The molecule has 21 heavy (non-hydrogen) atoms. The Morgan fingerprint density at radius 2 is 1.95 bits per heavy atom. The van der Waals surface area contributed by atoms with Crippen LogP contribution in [0.5, 0.6) is 5.75 Å². The highest BCUT2D eigenvalue weighted by molar-refractivity contribution is 5.22. The zero-order valence-corrected chi connectivity index (χ0v) is 13.4. The van der Waals surface area contributed by atoms with Crippen LogP contribution in [0.15, 0.2) is 36.1 Å². The lowest BCUT2D eigenvalue weighted by atomic mass is 9.81. The Labute approximate surface area is 127 Å². The van der Waals surface area contributed by atoms with Crippen molar-refractivity contribution in [2.45, 2.75) is 53.2 Å². The average molecular weight is 292 g/mol. The van der Waals surface area contributed by atoms with Crippen LogP contribution in [0.1, 0.15) is 47.0 Å². The Bertz CT molecular complexity index is 485. The van der Waals surface area contributed by atoms with E-state index in [0.29, 0.717) is 17.1 Å². The fourth-order valence-corrected chi connectivity index (χ4v) is 2.74. The van der Waals surface area contributed by atoms with E-state index in [1.165, 1.54) is 17.7 Å². The zero-order chi connectivity index (χ0) is 15.5. The van der Waals surface area contributed by atoms with E-state index in [4.69, 9.17) is 9.47 Å². The van der Waals surface area contributed by atoms with Crippen LogP contribution < -0.4 is 4.74 Å². The number of benzene rings is 1. The second-order valence-corrected chi connectivity index (χ2v) is 7.03. The topological polar surface area (TPSA) is 18.5 Å². The first-order chi connectivity index (χ1) is 9.83. The van der Waals surface area contributed by atoms with Crippen LogP contribution in [-0.4, -0.2) is 6.29 Å². The van der Waals surface area contributed by atoms with Gasteiger partial charge in [-0.3, -0.25) is 0 Å². The normalized spacial score (nSPS) is 20.4. The van der Waals surface area contributed by atoms with Gasteiger partial charge in [0, 0.05) is 6.42 Å². The van der Waals surface area contributed by atoms with Crippen LogP contribution in [-0.2, 0) is 4.74 Å². The Morgan fingerprint density at radius 3 is 2.48 bits per heavy atom. The lowest BCUT2D eigenvalue weighted by molar-refractivity contribution is -0.0456. The van der Waals surface area contributed by atoms with Gasteiger partial charge in [0.2, 0.25) is 6.29 Å². The van der Waals surface area contributed by atoms with Gasteiger partial charge in [-0.2, -0.15) is 0 Å². The highest BCUT2D eigenvalue weighted by Gasteiger charge is 2.23.